The Bertz CT molecular complexity index is 899. The molecule has 3 atom stereocenters. The van der Waals surface area contributed by atoms with Crippen molar-refractivity contribution in [3.63, 3.8) is 0 Å². The molecule has 0 spiro atoms. The van der Waals surface area contributed by atoms with Crippen LogP contribution in [-0.2, 0) is 15.9 Å². The smallest absolute Gasteiger partial charge is 0.345 e. The zero-order chi connectivity index (χ0) is 21.5. The number of rotatable bonds is 6. The fourth-order valence-electron chi connectivity index (χ4n) is 4.93. The van der Waals surface area contributed by atoms with Crippen molar-refractivity contribution in [3.8, 4) is 11.5 Å². The predicted molar refractivity (Wildman–Crippen MR) is 115 cm³/mol. The second-order valence-corrected chi connectivity index (χ2v) is 8.92. The van der Waals surface area contributed by atoms with E-state index in [9.17, 15) is 4.79 Å². The van der Waals surface area contributed by atoms with Crippen LogP contribution in [0, 0.1) is 5.92 Å². The molecule has 0 saturated heterocycles. The van der Waals surface area contributed by atoms with Crippen LogP contribution in [0.3, 0.4) is 0 Å². The van der Waals surface area contributed by atoms with Crippen molar-refractivity contribution >= 4 is 5.97 Å². The van der Waals surface area contributed by atoms with E-state index in [4.69, 9.17) is 18.9 Å². The van der Waals surface area contributed by atoms with Gasteiger partial charge in [0.05, 0.1) is 0 Å². The highest BCUT2D eigenvalue weighted by Gasteiger charge is 2.45. The van der Waals surface area contributed by atoms with E-state index in [0.29, 0.717) is 11.3 Å². The number of unbranched alkanes of at least 4 members (excludes halogenated alkanes) is 2. The van der Waals surface area contributed by atoms with E-state index in [1.54, 1.807) is 14.0 Å². The summed E-state index contributed by atoms with van der Waals surface area (Å²) in [6.07, 6.45) is 8.29. The molecule has 5 heteroatoms. The molecule has 0 N–H and O–H groups in total. The lowest BCUT2D eigenvalue weighted by molar-refractivity contribution is -0.171. The number of cyclic esters (lactones) is 1. The number of aryl methyl sites for hydroxylation is 1. The summed E-state index contributed by atoms with van der Waals surface area (Å²) in [5, 5.41) is 0. The fourth-order valence-corrected chi connectivity index (χ4v) is 4.93. The monoisotopic (exact) mass is 412 g/mol. The first-order valence-corrected chi connectivity index (χ1v) is 11.0. The number of benzene rings is 1. The van der Waals surface area contributed by atoms with Crippen LogP contribution in [0.1, 0.15) is 80.3 Å². The highest BCUT2D eigenvalue weighted by molar-refractivity contribution is 5.96. The first kappa shape index (κ1) is 21.0. The molecule has 0 aromatic heterocycles. The average molecular weight is 413 g/mol. The molecule has 1 aromatic rings. The Hall–Kier alpha value is -2.27. The van der Waals surface area contributed by atoms with Crippen LogP contribution in [0.15, 0.2) is 30.1 Å². The number of carbonyl (C=O) groups is 1. The first-order valence-electron chi connectivity index (χ1n) is 11.0. The van der Waals surface area contributed by atoms with Crippen molar-refractivity contribution in [2.45, 2.75) is 71.0 Å². The summed E-state index contributed by atoms with van der Waals surface area (Å²) >= 11 is 0. The molecule has 162 valence electrons. The Morgan fingerprint density at radius 3 is 2.83 bits per heavy atom. The first-order chi connectivity index (χ1) is 14.4. The quantitative estimate of drug-likeness (QED) is 0.342. The van der Waals surface area contributed by atoms with Gasteiger partial charge in [-0.15, -0.1) is 0 Å². The molecule has 0 fully saturated rings. The number of esters is 1. The zero-order valence-corrected chi connectivity index (χ0v) is 18.5. The van der Waals surface area contributed by atoms with Crippen LogP contribution >= 0.6 is 0 Å². The second kappa shape index (κ2) is 8.10. The van der Waals surface area contributed by atoms with Crippen molar-refractivity contribution in [2.24, 2.45) is 5.92 Å². The summed E-state index contributed by atoms with van der Waals surface area (Å²) in [5.74, 6) is 0.926. The van der Waals surface area contributed by atoms with Gasteiger partial charge in [0.15, 0.2) is 0 Å². The van der Waals surface area contributed by atoms with Gasteiger partial charge in [-0.05, 0) is 44.2 Å². The third kappa shape index (κ3) is 3.64. The Kier molecular flexibility index (Phi) is 5.67. The lowest BCUT2D eigenvalue weighted by atomic mass is 9.73. The van der Waals surface area contributed by atoms with E-state index in [1.165, 1.54) is 5.57 Å². The number of allylic oxidation sites excluding steroid dienone is 3. The number of methoxy groups -OCH3 is 1. The highest BCUT2D eigenvalue weighted by Crippen LogP contribution is 2.54. The van der Waals surface area contributed by atoms with Crippen molar-refractivity contribution in [1.82, 2.24) is 0 Å². The van der Waals surface area contributed by atoms with Gasteiger partial charge < -0.3 is 18.9 Å². The minimum atomic E-state index is -1.16. The van der Waals surface area contributed by atoms with Gasteiger partial charge in [-0.25, -0.2) is 4.79 Å². The van der Waals surface area contributed by atoms with E-state index in [2.05, 4.69) is 26.5 Å². The largest absolute Gasteiger partial charge is 0.462 e. The summed E-state index contributed by atoms with van der Waals surface area (Å²) in [5.41, 5.74) is 3.75. The molecule has 2 aliphatic heterocycles. The Labute approximate surface area is 179 Å². The maximum absolute atomic E-state index is 13.2. The standard InChI is InChI=1S/C25H32O5/c1-6-7-8-9-17-13-20-22(19-12-15(2)10-11-18(19)16(3)28-20)23-21(17)24(26)30-25(4,29-23)14-27-5/h12-13,18-19H,3,6-11,14H2,1-2,4-5H3/t18-,19+,25?/m0/s1. The Balaban J connectivity index is 1.89. The summed E-state index contributed by atoms with van der Waals surface area (Å²) in [6, 6.07) is 2.01. The van der Waals surface area contributed by atoms with Crippen molar-refractivity contribution < 1.29 is 23.7 Å². The molecule has 0 bridgehead atoms. The SMILES string of the molecule is C=C1Oc2cc(CCCCC)c3c(c2[C@@H]2C=C(C)CC[C@@H]12)OC(C)(COC)OC3=O. The van der Waals surface area contributed by atoms with E-state index >= 15 is 0 Å². The maximum Gasteiger partial charge on any atom is 0.345 e. The molecule has 0 radical (unpaired) electrons. The second-order valence-electron chi connectivity index (χ2n) is 8.92. The third-order valence-corrected chi connectivity index (χ3v) is 6.39. The van der Waals surface area contributed by atoms with Crippen LogP contribution in [0.2, 0.25) is 0 Å². The minimum absolute atomic E-state index is 0.0890. The number of hydrogen-bond acceptors (Lipinski definition) is 5. The number of hydrogen-bond donors (Lipinski definition) is 0. The van der Waals surface area contributed by atoms with Gasteiger partial charge in [0.25, 0.3) is 5.79 Å². The van der Waals surface area contributed by atoms with Crippen molar-refractivity contribution in [1.29, 1.82) is 0 Å². The highest BCUT2D eigenvalue weighted by atomic mass is 16.7. The molecule has 3 aliphatic rings. The summed E-state index contributed by atoms with van der Waals surface area (Å²) in [7, 11) is 1.57. The summed E-state index contributed by atoms with van der Waals surface area (Å²) < 4.78 is 23.6. The lowest BCUT2D eigenvalue weighted by Crippen LogP contribution is -2.46. The van der Waals surface area contributed by atoms with Crippen LogP contribution in [0.25, 0.3) is 0 Å². The molecular weight excluding hydrogens is 380 g/mol. The van der Waals surface area contributed by atoms with E-state index in [1.807, 2.05) is 6.07 Å². The van der Waals surface area contributed by atoms with Crippen LogP contribution in [0.4, 0.5) is 0 Å². The zero-order valence-electron chi connectivity index (χ0n) is 18.5. The summed E-state index contributed by atoms with van der Waals surface area (Å²) in [4.78, 5) is 13.2. The number of ether oxygens (including phenoxy) is 4. The van der Waals surface area contributed by atoms with Gasteiger partial charge in [0.1, 0.15) is 29.4 Å². The van der Waals surface area contributed by atoms with E-state index in [-0.39, 0.29) is 24.4 Å². The molecule has 0 amide bonds. The number of fused-ring (bicyclic) bond motifs is 5. The van der Waals surface area contributed by atoms with Crippen LogP contribution in [-0.4, -0.2) is 25.5 Å². The number of carbonyl (C=O) groups excluding carboxylic acids is 1. The molecule has 1 aliphatic carbocycles. The molecule has 2 heterocycles. The Morgan fingerprint density at radius 2 is 2.10 bits per heavy atom. The minimum Gasteiger partial charge on any atom is -0.462 e. The predicted octanol–water partition coefficient (Wildman–Crippen LogP) is 5.68. The van der Waals surface area contributed by atoms with Gasteiger partial charge in [0.2, 0.25) is 0 Å². The van der Waals surface area contributed by atoms with E-state index in [0.717, 1.165) is 61.2 Å². The van der Waals surface area contributed by atoms with Crippen LogP contribution < -0.4 is 9.47 Å². The molecule has 5 nitrogen and oxygen atoms in total. The topological polar surface area (TPSA) is 54.0 Å². The molecule has 30 heavy (non-hydrogen) atoms. The van der Waals surface area contributed by atoms with Gasteiger partial charge >= 0.3 is 5.97 Å². The third-order valence-electron chi connectivity index (χ3n) is 6.39. The average Bonchev–Trinajstić information content (AvgIpc) is 2.67. The normalized spacial score (nSPS) is 27.1. The molecule has 1 aromatic carbocycles. The van der Waals surface area contributed by atoms with Crippen LogP contribution in [0.5, 0.6) is 11.5 Å². The van der Waals surface area contributed by atoms with Gasteiger partial charge in [-0.1, -0.05) is 38.0 Å². The molecule has 1 unspecified atom stereocenters. The molecule has 0 saturated carbocycles. The Morgan fingerprint density at radius 1 is 1.30 bits per heavy atom. The fraction of sp³-hybridized carbons (Fsp3) is 0.560. The maximum atomic E-state index is 13.2. The van der Waals surface area contributed by atoms with Gasteiger partial charge in [-0.3, -0.25) is 0 Å². The van der Waals surface area contributed by atoms with Crippen molar-refractivity contribution in [3.05, 3.63) is 46.7 Å². The molecular formula is C25H32O5. The molecule has 4 rings (SSSR count). The van der Waals surface area contributed by atoms with Gasteiger partial charge in [-0.2, -0.15) is 0 Å². The van der Waals surface area contributed by atoms with Crippen molar-refractivity contribution in [2.75, 3.05) is 13.7 Å². The lowest BCUT2D eigenvalue weighted by Gasteiger charge is -2.41. The summed E-state index contributed by atoms with van der Waals surface area (Å²) in [6.45, 7) is 10.4. The van der Waals surface area contributed by atoms with E-state index < -0.39 is 5.79 Å². The van der Waals surface area contributed by atoms with Gasteiger partial charge in [0, 0.05) is 31.4 Å².